The van der Waals surface area contributed by atoms with Crippen molar-refractivity contribution in [2.75, 3.05) is 5.32 Å². The highest BCUT2D eigenvalue weighted by Gasteiger charge is 2.28. The predicted octanol–water partition coefficient (Wildman–Crippen LogP) is 4.84. The quantitative estimate of drug-likeness (QED) is 0.416. The first-order valence-electron chi connectivity index (χ1n) is 10.9. The van der Waals surface area contributed by atoms with Crippen LogP contribution >= 0.6 is 0 Å². The Morgan fingerprint density at radius 1 is 1.03 bits per heavy atom. The number of hydrogen-bond acceptors (Lipinski definition) is 6. The molecule has 9 heteroatoms. The Hall–Kier alpha value is -4.27. The van der Waals surface area contributed by atoms with E-state index in [-0.39, 0.29) is 22.9 Å². The standard InChI is InChI=1S/C25H24N4O5/c1-14-7-4-10-19(15(14)2)26-25(31)23-16(3)22-20(11-6-12-21(22)34-23)27-28-24(30)17-8-5-9-18(13-17)29(32)33/h4-5,7-10,13H,6,11-12H2,1-3H3,(H,26,31)(H,28,30)/b27-20+. The van der Waals surface area contributed by atoms with E-state index in [1.54, 1.807) is 6.92 Å². The minimum absolute atomic E-state index is 0.132. The van der Waals surface area contributed by atoms with Gasteiger partial charge < -0.3 is 9.73 Å². The zero-order valence-corrected chi connectivity index (χ0v) is 19.1. The number of nitrogens with zero attached hydrogens (tertiary/aromatic N) is 2. The Morgan fingerprint density at radius 2 is 1.79 bits per heavy atom. The average molecular weight is 460 g/mol. The van der Waals surface area contributed by atoms with Crippen LogP contribution in [0, 0.1) is 30.9 Å². The predicted molar refractivity (Wildman–Crippen MR) is 127 cm³/mol. The van der Waals surface area contributed by atoms with Gasteiger partial charge in [0.1, 0.15) is 5.76 Å². The minimum Gasteiger partial charge on any atom is -0.455 e. The van der Waals surface area contributed by atoms with Crippen molar-refractivity contribution in [1.82, 2.24) is 5.43 Å². The van der Waals surface area contributed by atoms with Crippen LogP contribution in [0.1, 0.15) is 61.8 Å². The highest BCUT2D eigenvalue weighted by atomic mass is 16.6. The van der Waals surface area contributed by atoms with Crippen molar-refractivity contribution in [3.63, 3.8) is 0 Å². The summed E-state index contributed by atoms with van der Waals surface area (Å²) in [5, 5.41) is 18.2. The summed E-state index contributed by atoms with van der Waals surface area (Å²) in [6, 6.07) is 11.1. The lowest BCUT2D eigenvalue weighted by atomic mass is 9.93. The largest absolute Gasteiger partial charge is 0.455 e. The maximum absolute atomic E-state index is 13.0. The van der Waals surface area contributed by atoms with Crippen LogP contribution in [0.5, 0.6) is 0 Å². The molecule has 0 spiro atoms. The molecule has 1 aromatic heterocycles. The van der Waals surface area contributed by atoms with Gasteiger partial charge in [-0.25, -0.2) is 5.43 Å². The van der Waals surface area contributed by atoms with E-state index in [1.165, 1.54) is 24.3 Å². The Balaban J connectivity index is 1.57. The fraction of sp³-hybridized carbons (Fsp3) is 0.240. The molecule has 0 saturated heterocycles. The Morgan fingerprint density at radius 3 is 2.56 bits per heavy atom. The van der Waals surface area contributed by atoms with Crippen molar-refractivity contribution < 1.29 is 18.9 Å². The van der Waals surface area contributed by atoms with E-state index in [1.807, 2.05) is 32.0 Å². The Bertz CT molecular complexity index is 1340. The fourth-order valence-corrected chi connectivity index (χ4v) is 4.01. The minimum atomic E-state index is -0.560. The molecule has 2 N–H and O–H groups in total. The third-order valence-corrected chi connectivity index (χ3v) is 6.00. The topological polar surface area (TPSA) is 127 Å². The van der Waals surface area contributed by atoms with Gasteiger partial charge in [-0.05, 0) is 56.9 Å². The molecule has 0 bridgehead atoms. The first-order chi connectivity index (χ1) is 16.3. The van der Waals surface area contributed by atoms with Crippen LogP contribution in [0.15, 0.2) is 52.0 Å². The van der Waals surface area contributed by atoms with Crippen molar-refractivity contribution in [3.05, 3.63) is 91.9 Å². The lowest BCUT2D eigenvalue weighted by Gasteiger charge is -2.13. The molecule has 0 radical (unpaired) electrons. The number of benzene rings is 2. The molecular formula is C25H24N4O5. The van der Waals surface area contributed by atoms with Crippen molar-refractivity contribution in [2.24, 2.45) is 5.10 Å². The number of furan rings is 1. The number of carbonyl (C=O) groups excluding carboxylic acids is 2. The first-order valence-corrected chi connectivity index (χ1v) is 10.9. The number of rotatable bonds is 5. The van der Waals surface area contributed by atoms with Gasteiger partial charge in [0.15, 0.2) is 5.76 Å². The summed E-state index contributed by atoms with van der Waals surface area (Å²) >= 11 is 0. The summed E-state index contributed by atoms with van der Waals surface area (Å²) in [5.74, 6) is -0.0401. The molecule has 0 saturated carbocycles. The van der Waals surface area contributed by atoms with Gasteiger partial charge in [-0.3, -0.25) is 19.7 Å². The number of carbonyl (C=O) groups is 2. The fourth-order valence-electron chi connectivity index (χ4n) is 4.01. The second kappa shape index (κ2) is 9.30. The van der Waals surface area contributed by atoms with Crippen LogP contribution in [0.3, 0.4) is 0 Å². The van der Waals surface area contributed by atoms with Crippen LogP contribution < -0.4 is 10.7 Å². The van der Waals surface area contributed by atoms with Crippen molar-refractivity contribution >= 4 is 28.9 Å². The normalized spacial score (nSPS) is 13.9. The summed E-state index contributed by atoms with van der Waals surface area (Å²) in [4.78, 5) is 35.9. The first kappa shape index (κ1) is 22.9. The van der Waals surface area contributed by atoms with Crippen molar-refractivity contribution in [1.29, 1.82) is 0 Å². The lowest BCUT2D eigenvalue weighted by molar-refractivity contribution is -0.384. The molecule has 1 aliphatic rings. The van der Waals surface area contributed by atoms with Gasteiger partial charge in [-0.2, -0.15) is 5.10 Å². The third kappa shape index (κ3) is 4.45. The molecule has 2 aromatic carbocycles. The van der Waals surface area contributed by atoms with Gasteiger partial charge in [0.25, 0.3) is 17.5 Å². The monoisotopic (exact) mass is 460 g/mol. The van der Waals surface area contributed by atoms with E-state index in [2.05, 4.69) is 15.8 Å². The molecule has 0 atom stereocenters. The highest BCUT2D eigenvalue weighted by molar-refractivity contribution is 6.09. The van der Waals surface area contributed by atoms with Crippen LogP contribution in [0.4, 0.5) is 11.4 Å². The zero-order chi connectivity index (χ0) is 24.4. The molecule has 0 fully saturated rings. The van der Waals surface area contributed by atoms with Gasteiger partial charge >= 0.3 is 0 Å². The van der Waals surface area contributed by atoms with Crippen LogP contribution in [-0.2, 0) is 6.42 Å². The summed E-state index contributed by atoms with van der Waals surface area (Å²) in [7, 11) is 0. The second-order valence-electron chi connectivity index (χ2n) is 8.22. The van der Waals surface area contributed by atoms with E-state index in [0.29, 0.717) is 29.9 Å². The average Bonchev–Trinajstić information content (AvgIpc) is 3.17. The molecule has 3 aromatic rings. The van der Waals surface area contributed by atoms with Crippen LogP contribution in [-0.4, -0.2) is 22.4 Å². The van der Waals surface area contributed by atoms with Gasteiger partial charge in [-0.15, -0.1) is 0 Å². The van der Waals surface area contributed by atoms with Crippen LogP contribution in [0.2, 0.25) is 0 Å². The molecular weight excluding hydrogens is 436 g/mol. The maximum atomic E-state index is 13.0. The third-order valence-electron chi connectivity index (χ3n) is 6.00. The number of anilines is 1. The molecule has 1 aliphatic carbocycles. The molecule has 0 unspecified atom stereocenters. The Labute approximate surface area is 196 Å². The second-order valence-corrected chi connectivity index (χ2v) is 8.22. The van der Waals surface area contributed by atoms with Gasteiger partial charge in [0.2, 0.25) is 0 Å². The zero-order valence-electron chi connectivity index (χ0n) is 19.1. The van der Waals surface area contributed by atoms with Gasteiger partial charge in [0, 0.05) is 40.9 Å². The molecule has 34 heavy (non-hydrogen) atoms. The molecule has 0 aliphatic heterocycles. The molecule has 2 amide bonds. The number of nitrogens with one attached hydrogen (secondary N) is 2. The van der Waals surface area contributed by atoms with E-state index >= 15 is 0 Å². The smallest absolute Gasteiger partial charge is 0.291 e. The van der Waals surface area contributed by atoms with Gasteiger partial charge in [0.05, 0.1) is 10.6 Å². The van der Waals surface area contributed by atoms with E-state index in [9.17, 15) is 19.7 Å². The summed E-state index contributed by atoms with van der Waals surface area (Å²) in [6.45, 7) is 5.72. The lowest BCUT2D eigenvalue weighted by Crippen LogP contribution is -2.22. The number of aryl methyl sites for hydroxylation is 2. The summed E-state index contributed by atoms with van der Waals surface area (Å²) in [6.07, 6.45) is 2.01. The van der Waals surface area contributed by atoms with E-state index < -0.39 is 10.8 Å². The van der Waals surface area contributed by atoms with Crippen molar-refractivity contribution in [3.8, 4) is 0 Å². The summed E-state index contributed by atoms with van der Waals surface area (Å²) in [5.41, 5.74) is 7.18. The number of nitro groups is 1. The van der Waals surface area contributed by atoms with Crippen LogP contribution in [0.25, 0.3) is 0 Å². The number of amides is 2. The number of nitro benzene ring substituents is 1. The highest BCUT2D eigenvalue weighted by Crippen LogP contribution is 2.31. The van der Waals surface area contributed by atoms with Gasteiger partial charge in [-0.1, -0.05) is 18.2 Å². The molecule has 174 valence electrons. The number of fused-ring (bicyclic) bond motifs is 1. The molecule has 4 rings (SSSR count). The number of hydrogen-bond donors (Lipinski definition) is 2. The number of non-ortho nitro benzene ring substituents is 1. The van der Waals surface area contributed by atoms with E-state index in [0.717, 1.165) is 28.8 Å². The SMILES string of the molecule is Cc1cccc(NC(=O)c2oc3c(c2C)/C(=N/NC(=O)c2cccc([N+](=O)[O-])c2)CCC3)c1C. The Kier molecular flexibility index (Phi) is 6.27. The molecule has 1 heterocycles. The molecule has 9 nitrogen and oxygen atoms in total. The van der Waals surface area contributed by atoms with E-state index in [4.69, 9.17) is 4.42 Å². The number of hydrazone groups is 1. The summed E-state index contributed by atoms with van der Waals surface area (Å²) < 4.78 is 5.92. The maximum Gasteiger partial charge on any atom is 0.291 e. The van der Waals surface area contributed by atoms with Crippen molar-refractivity contribution in [2.45, 2.75) is 40.0 Å².